The van der Waals surface area contributed by atoms with E-state index in [0.717, 1.165) is 21.8 Å². The number of nitrogens with zero attached hydrogens (tertiary/aromatic N) is 1. The normalized spacial score (nSPS) is 19.4. The molecule has 1 aliphatic heterocycles. The topological polar surface area (TPSA) is 92.8 Å². The summed E-state index contributed by atoms with van der Waals surface area (Å²) in [5.74, 6) is -1.12. The molecule has 0 amide bonds. The molecule has 1 heterocycles. The summed E-state index contributed by atoms with van der Waals surface area (Å²) in [5, 5.41) is 0.737. The second-order valence-corrected chi connectivity index (χ2v) is 9.19. The summed E-state index contributed by atoms with van der Waals surface area (Å²) >= 11 is 0. The quantitative estimate of drug-likeness (QED) is 0.733. The van der Waals surface area contributed by atoms with Crippen molar-refractivity contribution in [2.45, 2.75) is 17.7 Å². The van der Waals surface area contributed by atoms with Crippen LogP contribution in [-0.2, 0) is 20.0 Å². The summed E-state index contributed by atoms with van der Waals surface area (Å²) in [6.45, 7) is 3.18. The molecular formula is C14H17F3N2O5S2. The summed E-state index contributed by atoms with van der Waals surface area (Å²) < 4.78 is 92.6. The minimum Gasteiger partial charge on any atom is -0.404 e. The van der Waals surface area contributed by atoms with Gasteiger partial charge in [-0.15, -0.1) is 13.2 Å². The molecule has 7 nitrogen and oxygen atoms in total. The van der Waals surface area contributed by atoms with E-state index in [4.69, 9.17) is 0 Å². The first-order chi connectivity index (χ1) is 11.9. The van der Waals surface area contributed by atoms with Gasteiger partial charge in [0, 0.05) is 25.0 Å². The van der Waals surface area contributed by atoms with Crippen LogP contribution in [-0.4, -0.2) is 47.1 Å². The van der Waals surface area contributed by atoms with Crippen molar-refractivity contribution >= 4 is 20.0 Å². The molecule has 1 saturated heterocycles. The van der Waals surface area contributed by atoms with Gasteiger partial charge in [0.2, 0.25) is 20.0 Å². The fourth-order valence-corrected chi connectivity index (χ4v) is 4.72. The highest BCUT2D eigenvalue weighted by molar-refractivity contribution is 7.92. The summed E-state index contributed by atoms with van der Waals surface area (Å²) in [6.07, 6.45) is -4.66. The second kappa shape index (κ2) is 7.55. The number of alkyl halides is 3. The Kier molecular flexibility index (Phi) is 6.00. The number of rotatable bonds is 7. The van der Waals surface area contributed by atoms with E-state index in [9.17, 15) is 30.0 Å². The Morgan fingerprint density at radius 1 is 1.27 bits per heavy atom. The van der Waals surface area contributed by atoms with E-state index in [-0.39, 0.29) is 25.6 Å². The maximum atomic E-state index is 12.7. The highest BCUT2D eigenvalue weighted by Gasteiger charge is 2.38. The van der Waals surface area contributed by atoms with Gasteiger partial charge in [0.1, 0.15) is 10.6 Å². The summed E-state index contributed by atoms with van der Waals surface area (Å²) in [4.78, 5) is -0.593. The number of para-hydroxylation sites is 1. The molecule has 0 bridgehead atoms. The molecule has 1 fully saturated rings. The number of halogens is 3. The Morgan fingerprint density at radius 2 is 1.92 bits per heavy atom. The van der Waals surface area contributed by atoms with Crippen LogP contribution in [0.2, 0.25) is 0 Å². The van der Waals surface area contributed by atoms with Crippen molar-refractivity contribution in [1.29, 1.82) is 0 Å². The number of hydrogen-bond donors (Lipinski definition) is 1. The Balaban J connectivity index is 2.16. The zero-order chi connectivity index (χ0) is 19.6. The molecule has 1 unspecified atom stereocenters. The SMILES string of the molecule is C=CS(=O)(=O)NCC1CCN(S(=O)(=O)c2ccccc2OC(F)(F)F)C1. The molecule has 0 aliphatic carbocycles. The third-order valence-electron chi connectivity index (χ3n) is 3.73. The Bertz CT molecular complexity index is 869. The Hall–Kier alpha value is -1.63. The first kappa shape index (κ1) is 20.7. The molecule has 1 aromatic rings. The van der Waals surface area contributed by atoms with Crippen molar-refractivity contribution in [2.24, 2.45) is 5.92 Å². The summed E-state index contributed by atoms with van der Waals surface area (Å²) in [5.41, 5.74) is 0. The molecule has 1 N–H and O–H groups in total. The molecular weight excluding hydrogens is 397 g/mol. The predicted octanol–water partition coefficient (Wildman–Crippen LogP) is 1.66. The van der Waals surface area contributed by atoms with Gasteiger partial charge < -0.3 is 4.74 Å². The lowest BCUT2D eigenvalue weighted by atomic mass is 10.1. The largest absolute Gasteiger partial charge is 0.573 e. The average Bonchev–Trinajstić information content (AvgIpc) is 3.02. The number of sulfonamides is 2. The first-order valence-corrected chi connectivity index (χ1v) is 10.4. The lowest BCUT2D eigenvalue weighted by Crippen LogP contribution is -2.32. The van der Waals surface area contributed by atoms with Gasteiger partial charge in [0.15, 0.2) is 0 Å². The molecule has 1 aromatic carbocycles. The van der Waals surface area contributed by atoms with Gasteiger partial charge in [-0.25, -0.2) is 21.6 Å². The van der Waals surface area contributed by atoms with Gasteiger partial charge >= 0.3 is 6.36 Å². The van der Waals surface area contributed by atoms with Crippen molar-refractivity contribution in [3.63, 3.8) is 0 Å². The van der Waals surface area contributed by atoms with E-state index >= 15 is 0 Å². The van der Waals surface area contributed by atoms with Crippen molar-refractivity contribution < 1.29 is 34.7 Å². The lowest BCUT2D eigenvalue weighted by molar-refractivity contribution is -0.275. The fraction of sp³-hybridized carbons (Fsp3) is 0.429. The molecule has 1 atom stereocenters. The van der Waals surface area contributed by atoms with Crippen molar-refractivity contribution in [2.75, 3.05) is 19.6 Å². The van der Waals surface area contributed by atoms with E-state index in [1.807, 2.05) is 0 Å². The van der Waals surface area contributed by atoms with Gasteiger partial charge in [-0.2, -0.15) is 4.31 Å². The zero-order valence-corrected chi connectivity index (χ0v) is 15.1. The van der Waals surface area contributed by atoms with Gasteiger partial charge in [0.25, 0.3) is 0 Å². The second-order valence-electron chi connectivity index (χ2n) is 5.57. The smallest absolute Gasteiger partial charge is 0.404 e. The molecule has 26 heavy (non-hydrogen) atoms. The lowest BCUT2D eigenvalue weighted by Gasteiger charge is -2.19. The number of ether oxygens (including phenoxy) is 1. The van der Waals surface area contributed by atoms with Gasteiger partial charge in [-0.3, -0.25) is 0 Å². The molecule has 2 rings (SSSR count). The molecule has 1 aliphatic rings. The number of nitrogens with one attached hydrogen (secondary N) is 1. The van der Waals surface area contributed by atoms with Crippen LogP contribution >= 0.6 is 0 Å². The van der Waals surface area contributed by atoms with Crippen LogP contribution in [0.5, 0.6) is 5.75 Å². The van der Waals surface area contributed by atoms with Crippen molar-refractivity contribution in [1.82, 2.24) is 9.03 Å². The van der Waals surface area contributed by atoms with Crippen molar-refractivity contribution in [3.05, 3.63) is 36.3 Å². The average molecular weight is 414 g/mol. The van der Waals surface area contributed by atoms with Crippen LogP contribution in [0, 0.1) is 5.92 Å². The number of benzene rings is 1. The van der Waals surface area contributed by atoms with E-state index in [1.54, 1.807) is 0 Å². The molecule has 0 aromatic heterocycles. The van der Waals surface area contributed by atoms with E-state index < -0.39 is 37.1 Å². The Morgan fingerprint density at radius 3 is 2.54 bits per heavy atom. The minimum absolute atomic E-state index is 0.00106. The number of hydrogen-bond acceptors (Lipinski definition) is 5. The summed E-state index contributed by atoms with van der Waals surface area (Å²) in [6, 6.07) is 4.48. The van der Waals surface area contributed by atoms with E-state index in [1.165, 1.54) is 12.1 Å². The van der Waals surface area contributed by atoms with Crippen LogP contribution in [0.1, 0.15) is 6.42 Å². The van der Waals surface area contributed by atoms with Crippen LogP contribution in [0.15, 0.2) is 41.1 Å². The fourth-order valence-electron chi connectivity index (χ4n) is 2.49. The Labute approximate surface area is 149 Å². The third kappa shape index (κ3) is 5.19. The maximum Gasteiger partial charge on any atom is 0.573 e. The monoisotopic (exact) mass is 414 g/mol. The molecule has 0 saturated carbocycles. The summed E-state index contributed by atoms with van der Waals surface area (Å²) in [7, 11) is -7.86. The van der Waals surface area contributed by atoms with Crippen LogP contribution < -0.4 is 9.46 Å². The zero-order valence-electron chi connectivity index (χ0n) is 13.4. The van der Waals surface area contributed by atoms with E-state index in [0.29, 0.717) is 6.42 Å². The molecule has 0 radical (unpaired) electrons. The van der Waals surface area contributed by atoms with Gasteiger partial charge in [0.05, 0.1) is 0 Å². The maximum absolute atomic E-state index is 12.7. The standard InChI is InChI=1S/C14H17F3N2O5S2/c1-2-25(20,21)18-9-11-7-8-19(10-11)26(22,23)13-6-4-3-5-12(13)24-14(15,16)17/h2-6,11,18H,1,7-10H2. The van der Waals surface area contributed by atoms with Crippen LogP contribution in [0.4, 0.5) is 13.2 Å². The minimum atomic E-state index is -5.03. The highest BCUT2D eigenvalue weighted by Crippen LogP contribution is 2.33. The molecule has 12 heteroatoms. The van der Waals surface area contributed by atoms with E-state index in [2.05, 4.69) is 16.0 Å². The first-order valence-electron chi connectivity index (χ1n) is 7.41. The van der Waals surface area contributed by atoms with Crippen LogP contribution in [0.3, 0.4) is 0 Å². The highest BCUT2D eigenvalue weighted by atomic mass is 32.2. The van der Waals surface area contributed by atoms with Gasteiger partial charge in [-0.1, -0.05) is 18.7 Å². The third-order valence-corrected chi connectivity index (χ3v) is 6.65. The molecule has 146 valence electrons. The van der Waals surface area contributed by atoms with Crippen molar-refractivity contribution in [3.8, 4) is 5.75 Å². The van der Waals surface area contributed by atoms with Crippen LogP contribution in [0.25, 0.3) is 0 Å². The molecule has 0 spiro atoms. The predicted molar refractivity (Wildman–Crippen MR) is 87.1 cm³/mol. The van der Waals surface area contributed by atoms with Gasteiger partial charge in [-0.05, 0) is 24.5 Å².